The third kappa shape index (κ3) is 3.11. The van der Waals surface area contributed by atoms with Crippen molar-refractivity contribution in [3.05, 3.63) is 0 Å². The van der Waals surface area contributed by atoms with Crippen molar-refractivity contribution in [1.82, 2.24) is 0 Å². The van der Waals surface area contributed by atoms with Crippen molar-refractivity contribution in [2.24, 2.45) is 5.92 Å². The summed E-state index contributed by atoms with van der Waals surface area (Å²) in [5.74, 6) is 0.408. The predicted molar refractivity (Wildman–Crippen MR) is 49.1 cm³/mol. The van der Waals surface area contributed by atoms with Crippen LogP contribution in [0, 0.1) is 5.92 Å². The predicted octanol–water partition coefficient (Wildman–Crippen LogP) is 1.96. The maximum atomic E-state index is 9.59. The molecule has 0 heterocycles. The van der Waals surface area contributed by atoms with Gasteiger partial charge in [0.05, 0.1) is 12.7 Å². The second-order valence-corrected chi connectivity index (χ2v) is 3.69. The SMILES string of the molecule is CCCOCC1CCCCC1O. The van der Waals surface area contributed by atoms with Crippen LogP contribution in [-0.4, -0.2) is 24.4 Å². The van der Waals surface area contributed by atoms with Crippen LogP contribution in [0.4, 0.5) is 0 Å². The third-order valence-corrected chi connectivity index (χ3v) is 2.55. The highest BCUT2D eigenvalue weighted by Gasteiger charge is 2.22. The molecule has 2 nitrogen and oxygen atoms in total. The number of aliphatic hydroxyl groups excluding tert-OH is 1. The Morgan fingerprint density at radius 3 is 2.75 bits per heavy atom. The first kappa shape index (κ1) is 10.0. The summed E-state index contributed by atoms with van der Waals surface area (Å²) in [5, 5.41) is 9.59. The standard InChI is InChI=1S/C10H20O2/c1-2-7-12-8-9-5-3-4-6-10(9)11/h9-11H,2-8H2,1H3. The van der Waals surface area contributed by atoms with E-state index in [2.05, 4.69) is 6.92 Å². The van der Waals surface area contributed by atoms with Crippen molar-refractivity contribution in [3.8, 4) is 0 Å². The molecule has 12 heavy (non-hydrogen) atoms. The fraction of sp³-hybridized carbons (Fsp3) is 1.00. The Balaban J connectivity index is 2.11. The summed E-state index contributed by atoms with van der Waals surface area (Å²) in [7, 11) is 0. The molecule has 0 aromatic rings. The molecule has 2 heteroatoms. The van der Waals surface area contributed by atoms with E-state index in [-0.39, 0.29) is 6.10 Å². The molecule has 0 amide bonds. The average Bonchev–Trinajstić information content (AvgIpc) is 2.09. The number of hydrogen-bond acceptors (Lipinski definition) is 2. The normalized spacial score (nSPS) is 30.5. The van der Waals surface area contributed by atoms with Crippen molar-refractivity contribution < 1.29 is 9.84 Å². The van der Waals surface area contributed by atoms with Gasteiger partial charge >= 0.3 is 0 Å². The molecule has 0 spiro atoms. The van der Waals surface area contributed by atoms with E-state index in [9.17, 15) is 5.11 Å². The van der Waals surface area contributed by atoms with Crippen LogP contribution in [0.1, 0.15) is 39.0 Å². The van der Waals surface area contributed by atoms with Crippen molar-refractivity contribution in [3.63, 3.8) is 0 Å². The molecule has 1 rings (SSSR count). The smallest absolute Gasteiger partial charge is 0.0590 e. The summed E-state index contributed by atoms with van der Waals surface area (Å²) in [4.78, 5) is 0. The Morgan fingerprint density at radius 1 is 1.33 bits per heavy atom. The number of aliphatic hydroxyl groups is 1. The molecule has 0 radical (unpaired) electrons. The lowest BCUT2D eigenvalue weighted by atomic mass is 9.87. The van der Waals surface area contributed by atoms with Gasteiger partial charge in [0.1, 0.15) is 0 Å². The summed E-state index contributed by atoms with van der Waals surface area (Å²) in [6.07, 6.45) is 5.53. The first-order valence-corrected chi connectivity index (χ1v) is 5.10. The van der Waals surface area contributed by atoms with E-state index in [1.54, 1.807) is 0 Å². The molecule has 0 saturated heterocycles. The largest absolute Gasteiger partial charge is 0.393 e. The zero-order chi connectivity index (χ0) is 8.81. The zero-order valence-electron chi connectivity index (χ0n) is 7.96. The van der Waals surface area contributed by atoms with E-state index in [4.69, 9.17) is 4.74 Å². The van der Waals surface area contributed by atoms with Crippen LogP contribution in [0.15, 0.2) is 0 Å². The molecular formula is C10H20O2. The topological polar surface area (TPSA) is 29.5 Å². The van der Waals surface area contributed by atoms with E-state index in [1.807, 2.05) is 0 Å². The van der Waals surface area contributed by atoms with Gasteiger partial charge in [-0.2, -0.15) is 0 Å². The van der Waals surface area contributed by atoms with Gasteiger partial charge in [-0.1, -0.05) is 19.8 Å². The lowest BCUT2D eigenvalue weighted by Crippen LogP contribution is -2.28. The second-order valence-electron chi connectivity index (χ2n) is 3.69. The third-order valence-electron chi connectivity index (χ3n) is 2.55. The van der Waals surface area contributed by atoms with Crippen molar-refractivity contribution >= 4 is 0 Å². The van der Waals surface area contributed by atoms with Crippen LogP contribution in [-0.2, 0) is 4.74 Å². The molecule has 0 aromatic heterocycles. The molecule has 2 unspecified atom stereocenters. The van der Waals surface area contributed by atoms with Gasteiger partial charge < -0.3 is 9.84 Å². The minimum atomic E-state index is -0.101. The van der Waals surface area contributed by atoms with Gasteiger partial charge in [0.15, 0.2) is 0 Å². The monoisotopic (exact) mass is 172 g/mol. The Kier molecular flexibility index (Phi) is 4.62. The number of ether oxygens (including phenoxy) is 1. The summed E-state index contributed by atoms with van der Waals surface area (Å²) in [6, 6.07) is 0. The molecule has 0 aliphatic heterocycles. The Morgan fingerprint density at radius 2 is 2.08 bits per heavy atom. The number of rotatable bonds is 4. The molecule has 1 N–H and O–H groups in total. The average molecular weight is 172 g/mol. The van der Waals surface area contributed by atoms with Crippen LogP contribution in [0.5, 0.6) is 0 Å². The van der Waals surface area contributed by atoms with Gasteiger partial charge in [-0.25, -0.2) is 0 Å². The molecule has 1 aliphatic rings. The van der Waals surface area contributed by atoms with Gasteiger partial charge in [0, 0.05) is 12.5 Å². The highest BCUT2D eigenvalue weighted by atomic mass is 16.5. The van der Waals surface area contributed by atoms with Gasteiger partial charge in [-0.3, -0.25) is 0 Å². The molecule has 1 aliphatic carbocycles. The Hall–Kier alpha value is -0.0800. The van der Waals surface area contributed by atoms with Crippen LogP contribution in [0.25, 0.3) is 0 Å². The molecule has 1 saturated carbocycles. The lowest BCUT2D eigenvalue weighted by molar-refractivity contribution is 0.00533. The van der Waals surface area contributed by atoms with Crippen molar-refractivity contribution in [2.45, 2.75) is 45.1 Å². The lowest BCUT2D eigenvalue weighted by Gasteiger charge is -2.27. The molecule has 0 aromatic carbocycles. The quantitative estimate of drug-likeness (QED) is 0.657. The Labute approximate surface area is 74.9 Å². The maximum absolute atomic E-state index is 9.59. The van der Waals surface area contributed by atoms with Gasteiger partial charge in [-0.05, 0) is 19.3 Å². The Bertz CT molecular complexity index is 114. The van der Waals surface area contributed by atoms with E-state index >= 15 is 0 Å². The van der Waals surface area contributed by atoms with Gasteiger partial charge in [0.2, 0.25) is 0 Å². The fourth-order valence-electron chi connectivity index (χ4n) is 1.76. The van der Waals surface area contributed by atoms with Crippen LogP contribution in [0.2, 0.25) is 0 Å². The van der Waals surface area contributed by atoms with E-state index in [0.717, 1.165) is 32.5 Å². The highest BCUT2D eigenvalue weighted by Crippen LogP contribution is 2.24. The van der Waals surface area contributed by atoms with E-state index in [0.29, 0.717) is 5.92 Å². The maximum Gasteiger partial charge on any atom is 0.0590 e. The van der Waals surface area contributed by atoms with Crippen LogP contribution in [0.3, 0.4) is 0 Å². The first-order chi connectivity index (χ1) is 5.84. The number of hydrogen-bond donors (Lipinski definition) is 1. The van der Waals surface area contributed by atoms with E-state index in [1.165, 1.54) is 12.8 Å². The summed E-state index contributed by atoms with van der Waals surface area (Å²) in [5.41, 5.74) is 0. The van der Waals surface area contributed by atoms with Crippen LogP contribution < -0.4 is 0 Å². The first-order valence-electron chi connectivity index (χ1n) is 5.10. The second kappa shape index (κ2) is 5.55. The minimum absolute atomic E-state index is 0.101. The molecule has 2 atom stereocenters. The molecular weight excluding hydrogens is 152 g/mol. The summed E-state index contributed by atoms with van der Waals surface area (Å²) >= 11 is 0. The van der Waals surface area contributed by atoms with Crippen molar-refractivity contribution in [2.75, 3.05) is 13.2 Å². The molecule has 1 fully saturated rings. The van der Waals surface area contributed by atoms with E-state index < -0.39 is 0 Å². The zero-order valence-corrected chi connectivity index (χ0v) is 7.96. The fourth-order valence-corrected chi connectivity index (χ4v) is 1.76. The van der Waals surface area contributed by atoms with Gasteiger partial charge in [-0.15, -0.1) is 0 Å². The van der Waals surface area contributed by atoms with Crippen molar-refractivity contribution in [1.29, 1.82) is 0 Å². The highest BCUT2D eigenvalue weighted by molar-refractivity contribution is 4.73. The summed E-state index contributed by atoms with van der Waals surface area (Å²) in [6.45, 7) is 3.70. The molecule has 0 bridgehead atoms. The summed E-state index contributed by atoms with van der Waals surface area (Å²) < 4.78 is 5.43. The van der Waals surface area contributed by atoms with Crippen LogP contribution >= 0.6 is 0 Å². The molecule has 72 valence electrons. The van der Waals surface area contributed by atoms with Gasteiger partial charge in [0.25, 0.3) is 0 Å². The minimum Gasteiger partial charge on any atom is -0.393 e.